The van der Waals surface area contributed by atoms with E-state index in [4.69, 9.17) is 8.85 Å². The van der Waals surface area contributed by atoms with Gasteiger partial charge in [-0.15, -0.1) is 0 Å². The maximum Gasteiger partial charge on any atom is 0.258 e. The van der Waals surface area contributed by atoms with Crippen LogP contribution in [0.25, 0.3) is 11.1 Å². The number of nitrogens with zero attached hydrogens (tertiary/aromatic N) is 1. The molecule has 1 saturated carbocycles. The van der Waals surface area contributed by atoms with Crippen LogP contribution in [0.15, 0.2) is 40.2 Å². The van der Waals surface area contributed by atoms with Gasteiger partial charge in [0.25, 0.3) is 5.56 Å². The van der Waals surface area contributed by atoms with Gasteiger partial charge in [-0.1, -0.05) is 6.92 Å². The topological polar surface area (TPSA) is 65.4 Å². The van der Waals surface area contributed by atoms with Crippen LogP contribution in [0.4, 0.5) is 0 Å². The van der Waals surface area contributed by atoms with Gasteiger partial charge in [-0.25, -0.2) is 8.42 Å². The molecular formula is C19H23NO4S. The third-order valence-corrected chi connectivity index (χ3v) is 6.16. The Hall–Kier alpha value is -2.08. The molecule has 1 heterocycles. The molecule has 1 fully saturated rings. The zero-order valence-electron chi connectivity index (χ0n) is 17.3. The number of sulfone groups is 1. The van der Waals surface area contributed by atoms with Crippen LogP contribution in [0.1, 0.15) is 29.4 Å². The number of rotatable bonds is 6. The molecule has 0 spiro atoms. The number of aromatic nitrogens is 1. The van der Waals surface area contributed by atoms with Crippen molar-refractivity contribution in [2.45, 2.75) is 31.6 Å². The summed E-state index contributed by atoms with van der Waals surface area (Å²) < 4.78 is 54.0. The average Bonchev–Trinajstić information content (AvgIpc) is 3.43. The molecule has 0 radical (unpaired) electrons. The summed E-state index contributed by atoms with van der Waals surface area (Å²) in [6, 6.07) is 5.96. The van der Waals surface area contributed by atoms with Crippen LogP contribution >= 0.6 is 0 Å². The van der Waals surface area contributed by atoms with Crippen molar-refractivity contribution in [3.63, 3.8) is 0 Å². The third kappa shape index (κ3) is 3.63. The number of pyridine rings is 1. The molecule has 2 aromatic rings. The Kier molecular flexibility index (Phi) is 3.77. The largest absolute Gasteiger partial charge is 0.493 e. The third-order valence-electron chi connectivity index (χ3n) is 4.43. The first-order chi connectivity index (χ1) is 13.0. The maximum atomic E-state index is 13.0. The van der Waals surface area contributed by atoms with Gasteiger partial charge >= 0.3 is 0 Å². The second kappa shape index (κ2) is 6.67. The molecule has 0 saturated heterocycles. The van der Waals surface area contributed by atoms with E-state index in [-0.39, 0.29) is 16.2 Å². The van der Waals surface area contributed by atoms with Gasteiger partial charge in [0.1, 0.15) is 5.75 Å². The van der Waals surface area contributed by atoms with Crippen molar-refractivity contribution in [1.29, 1.82) is 0 Å². The van der Waals surface area contributed by atoms with Crippen LogP contribution in [0, 0.1) is 12.8 Å². The molecule has 1 aromatic heterocycles. The smallest absolute Gasteiger partial charge is 0.258 e. The molecule has 1 aliphatic rings. The average molecular weight is 364 g/mol. The lowest BCUT2D eigenvalue weighted by Crippen LogP contribution is -2.19. The minimum Gasteiger partial charge on any atom is -0.493 e. The molecule has 6 heteroatoms. The van der Waals surface area contributed by atoms with E-state index in [1.165, 1.54) is 24.4 Å². The zero-order valence-corrected chi connectivity index (χ0v) is 15.1. The Morgan fingerprint density at radius 1 is 1.32 bits per heavy atom. The van der Waals surface area contributed by atoms with E-state index >= 15 is 0 Å². The first-order valence-corrected chi connectivity index (χ1v) is 9.92. The Morgan fingerprint density at radius 3 is 2.72 bits per heavy atom. The van der Waals surface area contributed by atoms with Crippen molar-refractivity contribution in [2.24, 2.45) is 12.9 Å². The molecule has 25 heavy (non-hydrogen) atoms. The summed E-state index contributed by atoms with van der Waals surface area (Å²) >= 11 is 0. The lowest BCUT2D eigenvalue weighted by Gasteiger charge is -2.15. The second-order valence-corrected chi connectivity index (χ2v) is 8.64. The fourth-order valence-electron chi connectivity index (χ4n) is 2.64. The monoisotopic (exact) mass is 364 g/mol. The molecule has 134 valence electrons. The Bertz CT molecular complexity index is 1050. The van der Waals surface area contributed by atoms with Crippen LogP contribution in [0.2, 0.25) is 0 Å². The lowest BCUT2D eigenvalue weighted by atomic mass is 10.0. The molecule has 3 rings (SSSR count). The minimum absolute atomic E-state index is 0.0758. The van der Waals surface area contributed by atoms with E-state index in [2.05, 4.69) is 0 Å². The molecule has 5 nitrogen and oxygen atoms in total. The van der Waals surface area contributed by atoms with Gasteiger partial charge in [0, 0.05) is 22.8 Å². The molecule has 0 unspecified atom stereocenters. The Labute approximate surface area is 152 Å². The van der Waals surface area contributed by atoms with Crippen LogP contribution < -0.4 is 10.3 Å². The van der Waals surface area contributed by atoms with E-state index in [1.807, 2.05) is 0 Å². The summed E-state index contributed by atoms with van der Waals surface area (Å²) in [7, 11) is -3.50. The van der Waals surface area contributed by atoms with Crippen LogP contribution in [0.3, 0.4) is 0 Å². The van der Waals surface area contributed by atoms with Crippen LogP contribution in [-0.2, 0) is 16.8 Å². The number of benzene rings is 1. The molecule has 1 aromatic carbocycles. The Balaban J connectivity index is 2.23. The van der Waals surface area contributed by atoms with Crippen molar-refractivity contribution in [3.05, 3.63) is 46.4 Å². The van der Waals surface area contributed by atoms with Gasteiger partial charge < -0.3 is 9.30 Å². The summed E-state index contributed by atoms with van der Waals surface area (Å²) in [5, 5.41) is 0. The predicted octanol–water partition coefficient (Wildman–Crippen LogP) is 2.94. The van der Waals surface area contributed by atoms with E-state index in [9.17, 15) is 13.2 Å². The molecule has 1 aliphatic carbocycles. The first-order valence-electron chi connectivity index (χ1n) is 9.77. The number of aryl methyl sites for hydroxylation is 2. The van der Waals surface area contributed by atoms with Gasteiger partial charge in [0.05, 0.1) is 22.8 Å². The molecule has 0 N–H and O–H groups in total. The highest BCUT2D eigenvalue weighted by Gasteiger charge is 2.24. The van der Waals surface area contributed by atoms with Gasteiger partial charge in [0.15, 0.2) is 9.84 Å². The van der Waals surface area contributed by atoms with Gasteiger partial charge in [0.2, 0.25) is 0 Å². The molecule has 0 aliphatic heterocycles. The molecule has 0 amide bonds. The SMILES string of the molecule is [2H]C([2H])([2H])n1ccc(C)c(-c2cc(S(=O)(=O)CC)ccc2OCC2CC2)c1=O. The van der Waals surface area contributed by atoms with Crippen molar-refractivity contribution in [3.8, 4) is 16.9 Å². The summed E-state index contributed by atoms with van der Waals surface area (Å²) in [6.07, 6.45) is 3.38. The highest BCUT2D eigenvalue weighted by atomic mass is 32.2. The molecule has 0 atom stereocenters. The van der Waals surface area contributed by atoms with Gasteiger partial charge in [-0.3, -0.25) is 4.79 Å². The summed E-state index contributed by atoms with van der Waals surface area (Å²) in [5.74, 6) is 0.760. The summed E-state index contributed by atoms with van der Waals surface area (Å²) in [6.45, 7) is 1.07. The number of hydrogen-bond donors (Lipinski definition) is 0. The van der Waals surface area contributed by atoms with E-state index in [0.717, 1.165) is 12.8 Å². The van der Waals surface area contributed by atoms with E-state index in [0.29, 0.717) is 34.0 Å². The van der Waals surface area contributed by atoms with Crippen molar-refractivity contribution in [1.82, 2.24) is 4.57 Å². The van der Waals surface area contributed by atoms with Crippen molar-refractivity contribution >= 4 is 9.84 Å². The number of ether oxygens (including phenoxy) is 1. The van der Waals surface area contributed by atoms with Gasteiger partial charge in [-0.2, -0.15) is 0 Å². The van der Waals surface area contributed by atoms with E-state index < -0.39 is 22.4 Å². The quantitative estimate of drug-likeness (QED) is 0.790. The first kappa shape index (κ1) is 14.1. The maximum absolute atomic E-state index is 13.0. The zero-order chi connectivity index (χ0) is 20.7. The molecular weight excluding hydrogens is 338 g/mol. The fraction of sp³-hybridized carbons (Fsp3) is 0.421. The fourth-order valence-corrected chi connectivity index (χ4v) is 3.54. The summed E-state index contributed by atoms with van der Waals surface area (Å²) in [5.41, 5.74) is 0.281. The minimum atomic E-state index is -3.50. The molecule has 0 bridgehead atoms. The van der Waals surface area contributed by atoms with E-state index in [1.54, 1.807) is 19.9 Å². The number of hydrogen-bond acceptors (Lipinski definition) is 4. The summed E-state index contributed by atoms with van der Waals surface area (Å²) in [4.78, 5) is 13.0. The van der Waals surface area contributed by atoms with Crippen molar-refractivity contribution < 1.29 is 17.3 Å². The van der Waals surface area contributed by atoms with Crippen molar-refractivity contribution in [2.75, 3.05) is 12.4 Å². The Morgan fingerprint density at radius 2 is 2.08 bits per heavy atom. The van der Waals surface area contributed by atoms with Crippen LogP contribution in [0.5, 0.6) is 5.75 Å². The van der Waals surface area contributed by atoms with Crippen LogP contribution in [-0.4, -0.2) is 25.3 Å². The predicted molar refractivity (Wildman–Crippen MR) is 97.8 cm³/mol. The second-order valence-electron chi connectivity index (χ2n) is 6.36. The normalized spacial score (nSPS) is 16.8. The highest BCUT2D eigenvalue weighted by molar-refractivity contribution is 7.91. The lowest BCUT2D eigenvalue weighted by molar-refractivity contribution is 0.301. The standard InChI is InChI=1S/C19H23NO4S/c1-4-25(22,23)15-7-8-17(24-12-14-5-6-14)16(11-15)18-13(2)9-10-20(3)19(18)21/h7-11,14H,4-6,12H2,1-3H3/i3D3. The van der Waals surface area contributed by atoms with Gasteiger partial charge in [-0.05, 0) is 55.5 Å². The highest BCUT2D eigenvalue weighted by Crippen LogP contribution is 2.35.